The van der Waals surface area contributed by atoms with Crippen molar-refractivity contribution in [3.8, 4) is 24.3 Å². The predicted octanol–water partition coefficient (Wildman–Crippen LogP) is 17.9. The molecule has 12 aromatic carbocycles. The topological polar surface area (TPSA) is 163 Å². The maximum atomic E-state index is 10.1. The summed E-state index contributed by atoms with van der Waals surface area (Å²) >= 11 is -0.957. The summed E-state index contributed by atoms with van der Waals surface area (Å²) in [5, 5.41) is 42.6. The Morgan fingerprint density at radius 3 is 1.04 bits per heavy atom. The van der Waals surface area contributed by atoms with Gasteiger partial charge in [-0.25, -0.2) is 0 Å². The van der Waals surface area contributed by atoms with Gasteiger partial charge in [0, 0.05) is 0 Å². The zero-order valence-electron chi connectivity index (χ0n) is 74.2. The van der Waals surface area contributed by atoms with Gasteiger partial charge in [-0.05, 0) is 0 Å². The van der Waals surface area contributed by atoms with Crippen LogP contribution in [0.15, 0.2) is 371 Å². The Kier molecular flexibility index (Phi) is 25.2. The number of imidazole rings is 1. The number of anilines is 12. The molecule has 5 aromatic heterocycles. The summed E-state index contributed by atoms with van der Waals surface area (Å²) in [7, 11) is -0.00744. The third-order valence-corrected chi connectivity index (χ3v) is 53.0. The Morgan fingerprint density at radius 1 is 0.341 bits per heavy atom. The predicted molar refractivity (Wildman–Crippen MR) is 575 cm³/mol. The zero-order valence-corrected chi connectivity index (χ0v) is 91.0. The van der Waals surface area contributed by atoms with Gasteiger partial charge in [-0.2, -0.15) is 0 Å². The molecule has 135 heavy (non-hydrogen) atoms. The van der Waals surface area contributed by atoms with E-state index >= 15 is 0 Å². The standard InChI is InChI=1S/C29H21N3Se2.C28H21GeN3Se2.C28H21N3Se2Si.C27H18N4Se2/c2*1-29(2)21-9-3-4-10-22(21)31-28(29)19(18-30)17-20-15-16-27(33-20)32-23-11-5-7-13-25(23)34-26-14-8-6-12-24(26)32;1-34(2)26-14-8-3-9-21(26)30-28(34)19(18-29)17-20-15-16-27(32-20)31-22-10-4-6-12-24(22)33-25-13-7-5-11-23(25)31;1-30-21-9-3-2-8-20(21)29-27(30)18(17-28)16-19-14-15-26(32-19)31-22-10-4-6-12-24(22)33-25-13-7-5-11-23(25)31/h3*3-17H,1-2H3;2-16H,1H3/b3*19-17+;18-16+. The van der Waals surface area contributed by atoms with Crippen LogP contribution in [-0.2, 0) is 12.5 Å². The van der Waals surface area contributed by atoms with E-state index in [9.17, 15) is 21.0 Å². The molecule has 0 atom stereocenters. The molecular formula is C112H81GeN13Se8Si. The second-order valence-electron chi connectivity index (χ2n) is 34.2. The van der Waals surface area contributed by atoms with Crippen molar-refractivity contribution < 1.29 is 0 Å². The number of hydrogen-bond donors (Lipinski definition) is 0. The molecule has 0 saturated carbocycles. The molecule has 650 valence electrons. The average Bonchev–Trinajstić information content (AvgIpc) is 1.51. The van der Waals surface area contributed by atoms with Gasteiger partial charge in [0.05, 0.1) is 0 Å². The molecule has 0 aliphatic carbocycles. The van der Waals surface area contributed by atoms with E-state index in [2.05, 4.69) is 386 Å². The molecule has 13 nitrogen and oxygen atoms in total. The monoisotopic (exact) mass is 2350 g/mol. The number of nitrogens with zero attached hydrogens (tertiary/aromatic N) is 13. The van der Waals surface area contributed by atoms with Crippen molar-refractivity contribution in [1.29, 1.82) is 21.0 Å². The molecule has 0 spiro atoms. The first-order valence-corrected chi connectivity index (χ1v) is 66.9. The van der Waals surface area contributed by atoms with E-state index in [4.69, 9.17) is 20.0 Å². The molecular weight excluding hydrogens is 2260 g/mol. The number of hydrogen-bond acceptors (Lipinski definition) is 12. The molecule has 7 aliphatic heterocycles. The van der Waals surface area contributed by atoms with Crippen LogP contribution in [0, 0.1) is 45.3 Å². The number of aliphatic imine (C=N–C) groups is 3. The Balaban J connectivity index is 0.000000108. The molecule has 24 rings (SSSR count). The summed E-state index contributed by atoms with van der Waals surface area (Å²) in [5.74, 6) is 5.40. The Labute approximate surface area is 838 Å². The average molecular weight is 2340 g/mol. The number of fused-ring (bicyclic) bond motifs is 12. The van der Waals surface area contributed by atoms with Gasteiger partial charge in [-0.3, -0.25) is 0 Å². The van der Waals surface area contributed by atoms with E-state index in [1.807, 2.05) is 72.3 Å². The van der Waals surface area contributed by atoms with Crippen LogP contribution >= 0.6 is 0 Å². The summed E-state index contributed by atoms with van der Waals surface area (Å²) < 4.78 is 25.7. The number of allylic oxidation sites excluding steroid dienone is 4. The number of nitriles is 4. The van der Waals surface area contributed by atoms with E-state index in [-0.39, 0.29) is 63.4 Å². The van der Waals surface area contributed by atoms with Crippen molar-refractivity contribution in [3.05, 3.63) is 386 Å². The number of para-hydroxylation sites is 13. The number of aromatic nitrogens is 2. The molecule has 7 aliphatic rings. The normalized spacial score (nSPS) is 15.1. The fourth-order valence-electron chi connectivity index (χ4n) is 18.1. The first-order valence-electron chi connectivity index (χ1n) is 43.9. The van der Waals surface area contributed by atoms with Crippen LogP contribution in [0.2, 0.25) is 24.6 Å². The molecule has 0 unspecified atom stereocenters. The number of rotatable bonds is 12. The van der Waals surface area contributed by atoms with E-state index in [1.54, 1.807) is 0 Å². The minimum absolute atomic E-state index is 0.0806. The van der Waals surface area contributed by atoms with E-state index < -0.39 is 21.3 Å². The van der Waals surface area contributed by atoms with Crippen molar-refractivity contribution in [3.63, 3.8) is 0 Å². The molecule has 0 saturated heterocycles. The van der Waals surface area contributed by atoms with Gasteiger partial charge >= 0.3 is 848 Å². The molecule has 0 amide bonds. The summed E-state index contributed by atoms with van der Waals surface area (Å²) in [6.07, 6.45) is 8.26. The summed E-state index contributed by atoms with van der Waals surface area (Å²) in [6.45, 7) is 8.90. The Morgan fingerprint density at radius 2 is 0.667 bits per heavy atom. The van der Waals surface area contributed by atoms with Crippen molar-refractivity contribution in [2.45, 2.75) is 43.9 Å². The van der Waals surface area contributed by atoms with Crippen LogP contribution in [0.4, 0.5) is 80.8 Å². The van der Waals surface area contributed by atoms with Crippen molar-refractivity contribution in [1.82, 2.24) is 9.55 Å². The van der Waals surface area contributed by atoms with E-state index in [1.165, 1.54) is 132 Å². The van der Waals surface area contributed by atoms with E-state index in [0.29, 0.717) is 76.8 Å². The van der Waals surface area contributed by atoms with Crippen LogP contribution in [0.5, 0.6) is 0 Å². The number of aryl methyl sites for hydroxylation is 1. The molecule has 0 N–H and O–H groups in total. The van der Waals surface area contributed by atoms with Crippen LogP contribution in [0.3, 0.4) is 0 Å². The Bertz CT molecular complexity index is 7350. The van der Waals surface area contributed by atoms with Gasteiger partial charge < -0.3 is 0 Å². The minimum atomic E-state index is -2.57. The van der Waals surface area contributed by atoms with E-state index in [0.717, 1.165) is 54.8 Å². The fraction of sp³-hybridized carbons (Fsp3) is 0.0714. The fourth-order valence-corrected chi connectivity index (χ4v) is 43.8. The third kappa shape index (κ3) is 17.2. The van der Waals surface area contributed by atoms with Gasteiger partial charge in [0.15, 0.2) is 0 Å². The van der Waals surface area contributed by atoms with Crippen molar-refractivity contribution >= 4 is 322 Å². The van der Waals surface area contributed by atoms with Gasteiger partial charge in [0.1, 0.15) is 0 Å². The van der Waals surface area contributed by atoms with Gasteiger partial charge in [0.25, 0.3) is 0 Å². The SMILES string of the molecule is CC1(C)C(/C(C#N)=C/c2ccc(N3c4ccccc4[Se]c4ccccc43)[se]2)=Nc2ccccc21.C[Si]1(C)C(/C(C#N)=C/c2ccc(N3c4ccccc4[Se]c4ccccc43)[se]2)=Nc2ccccc21.Cn1c(/C(C#N)=C/c2ccc(N3c4ccccc4[Se]c4ccccc43)[se]2)nc2ccccc21.[CH3][Ge]1([CH3])[C](/C(C#N)=C/c2ccc(N3c4ccccc4[Se]c4ccccc43)[se]2)=Nc2cccc[c]21. The zero-order chi connectivity index (χ0) is 92.2. The first kappa shape index (κ1) is 89.6. The van der Waals surface area contributed by atoms with Crippen LogP contribution in [-0.4, -0.2) is 164 Å². The quantitative estimate of drug-likeness (QED) is 0.0855. The number of benzene rings is 12. The third-order valence-electron chi connectivity index (χ3n) is 24.7. The maximum absolute atomic E-state index is 10.1. The van der Waals surface area contributed by atoms with Crippen molar-refractivity contribution in [2.24, 2.45) is 22.0 Å². The molecule has 12 heterocycles. The molecule has 0 bridgehead atoms. The van der Waals surface area contributed by atoms with Gasteiger partial charge in [0.2, 0.25) is 0 Å². The van der Waals surface area contributed by atoms with Crippen molar-refractivity contribution in [2.75, 3.05) is 19.6 Å². The summed E-state index contributed by atoms with van der Waals surface area (Å²) in [6, 6.07) is 130. The molecule has 0 fully saturated rings. The van der Waals surface area contributed by atoms with Gasteiger partial charge in [-0.1, -0.05) is 0 Å². The second kappa shape index (κ2) is 38.0. The molecule has 17 aromatic rings. The molecule has 0 radical (unpaired) electrons. The first-order chi connectivity index (χ1) is 65.9. The van der Waals surface area contributed by atoms with Gasteiger partial charge in [-0.15, -0.1) is 0 Å². The summed E-state index contributed by atoms with van der Waals surface area (Å²) in [5.41, 5.74) is 19.7. The van der Waals surface area contributed by atoms with Crippen LogP contribution in [0.1, 0.15) is 43.0 Å². The Hall–Kier alpha value is -11.9. The molecule has 23 heteroatoms. The van der Waals surface area contributed by atoms with Crippen LogP contribution < -0.4 is 64.9 Å². The van der Waals surface area contributed by atoms with Crippen LogP contribution in [0.25, 0.3) is 40.9 Å². The summed E-state index contributed by atoms with van der Waals surface area (Å²) in [4.78, 5) is 29.2. The second-order valence-corrected chi connectivity index (χ2v) is 65.6.